The van der Waals surface area contributed by atoms with Crippen LogP contribution in [0.15, 0.2) is 29.2 Å². The molecule has 0 spiro atoms. The lowest BCUT2D eigenvalue weighted by Crippen LogP contribution is -2.26. The molecule has 0 radical (unpaired) electrons. The molecule has 1 aliphatic heterocycles. The molecule has 5 nitrogen and oxygen atoms in total. The fraction of sp³-hybridized carbons (Fsp3) is 0.533. The second kappa shape index (κ2) is 8.62. The largest absolute Gasteiger partial charge is 0.316 e. The van der Waals surface area contributed by atoms with Gasteiger partial charge in [-0.1, -0.05) is 19.1 Å². The first-order valence-corrected chi connectivity index (χ1v) is 8.85. The maximum atomic E-state index is 12.2. The molecule has 1 saturated heterocycles. The number of sulfonamides is 1. The summed E-state index contributed by atoms with van der Waals surface area (Å²) < 4.78 is 27.1. The highest BCUT2D eigenvalue weighted by Gasteiger charge is 2.18. The average molecular weight is 347 g/mol. The summed E-state index contributed by atoms with van der Waals surface area (Å²) in [6.07, 6.45) is 2.30. The molecule has 124 valence electrons. The first kappa shape index (κ1) is 19.1. The molecular weight excluding hydrogens is 324 g/mol. The van der Waals surface area contributed by atoms with Crippen LogP contribution < -0.4 is 10.0 Å². The lowest BCUT2D eigenvalue weighted by atomic mass is 10.1. The van der Waals surface area contributed by atoms with Gasteiger partial charge in [0.25, 0.3) is 0 Å². The van der Waals surface area contributed by atoms with Crippen molar-refractivity contribution in [1.82, 2.24) is 10.0 Å². The van der Waals surface area contributed by atoms with Crippen molar-refractivity contribution in [2.75, 3.05) is 19.6 Å². The highest BCUT2D eigenvalue weighted by molar-refractivity contribution is 7.89. The van der Waals surface area contributed by atoms with Crippen molar-refractivity contribution in [3.8, 4) is 0 Å². The van der Waals surface area contributed by atoms with E-state index in [9.17, 15) is 13.2 Å². The zero-order valence-corrected chi connectivity index (χ0v) is 14.3. The van der Waals surface area contributed by atoms with E-state index in [1.54, 1.807) is 19.1 Å². The van der Waals surface area contributed by atoms with E-state index in [-0.39, 0.29) is 23.1 Å². The normalized spacial score (nSPS) is 18.0. The Hall–Kier alpha value is -0.950. The van der Waals surface area contributed by atoms with Crippen LogP contribution in [0.1, 0.15) is 36.5 Å². The summed E-state index contributed by atoms with van der Waals surface area (Å²) in [7, 11) is -3.54. The van der Waals surface area contributed by atoms with Crippen molar-refractivity contribution in [1.29, 1.82) is 0 Å². The fourth-order valence-corrected chi connectivity index (χ4v) is 3.58. The van der Waals surface area contributed by atoms with E-state index in [1.807, 2.05) is 0 Å². The molecule has 1 heterocycles. The van der Waals surface area contributed by atoms with E-state index < -0.39 is 10.0 Å². The highest BCUT2D eigenvalue weighted by atomic mass is 35.5. The number of benzene rings is 1. The maximum absolute atomic E-state index is 12.2. The molecule has 1 aliphatic rings. The molecule has 22 heavy (non-hydrogen) atoms. The molecule has 0 amide bonds. The van der Waals surface area contributed by atoms with Gasteiger partial charge in [0, 0.05) is 18.5 Å². The van der Waals surface area contributed by atoms with Crippen LogP contribution >= 0.6 is 12.4 Å². The standard InChI is InChI=1S/C15H22N2O3S.ClH/c1-2-15(18)13-4-3-5-14(10-13)21(19,20)17-9-7-12-6-8-16-11-12;/h3-5,10,12,16-17H,2,6-9,11H2,1H3;1H. The SMILES string of the molecule is CCC(=O)c1cccc(S(=O)(=O)NCCC2CCNC2)c1.Cl. The number of Topliss-reactive ketones (excluding diaryl/α,β-unsaturated/α-hetero) is 1. The summed E-state index contributed by atoms with van der Waals surface area (Å²) in [5.74, 6) is 0.491. The van der Waals surface area contributed by atoms with E-state index >= 15 is 0 Å². The van der Waals surface area contributed by atoms with Gasteiger partial charge in [-0.05, 0) is 44.0 Å². The lowest BCUT2D eigenvalue weighted by Gasteiger charge is -2.10. The third-order valence-electron chi connectivity index (χ3n) is 3.79. The minimum absolute atomic E-state index is 0. The zero-order chi connectivity index (χ0) is 15.3. The van der Waals surface area contributed by atoms with Crippen LogP contribution in [0.5, 0.6) is 0 Å². The summed E-state index contributed by atoms with van der Waals surface area (Å²) in [4.78, 5) is 11.8. The van der Waals surface area contributed by atoms with Crippen molar-refractivity contribution >= 4 is 28.2 Å². The summed E-state index contributed by atoms with van der Waals surface area (Å²) >= 11 is 0. The predicted octanol–water partition coefficient (Wildman–Crippen LogP) is 1.98. The number of hydrogen-bond donors (Lipinski definition) is 2. The van der Waals surface area contributed by atoms with Crippen molar-refractivity contribution in [3.05, 3.63) is 29.8 Å². The van der Waals surface area contributed by atoms with Gasteiger partial charge < -0.3 is 5.32 Å². The molecule has 0 saturated carbocycles. The molecule has 1 aromatic carbocycles. The average Bonchev–Trinajstić information content (AvgIpc) is 2.99. The Labute approximate surface area is 138 Å². The number of carbonyl (C=O) groups excluding carboxylic acids is 1. The number of ketones is 1. The monoisotopic (exact) mass is 346 g/mol. The Bertz CT molecular complexity index is 599. The summed E-state index contributed by atoms with van der Waals surface area (Å²) in [6, 6.07) is 6.23. The Balaban J connectivity index is 0.00000242. The Morgan fingerprint density at radius 1 is 1.41 bits per heavy atom. The van der Waals surface area contributed by atoms with Crippen LogP contribution in [0, 0.1) is 5.92 Å². The van der Waals surface area contributed by atoms with Crippen LogP contribution in [0.3, 0.4) is 0 Å². The van der Waals surface area contributed by atoms with E-state index in [0.717, 1.165) is 25.9 Å². The van der Waals surface area contributed by atoms with Gasteiger partial charge >= 0.3 is 0 Å². The minimum atomic E-state index is -3.54. The van der Waals surface area contributed by atoms with Gasteiger partial charge in [-0.15, -0.1) is 12.4 Å². The Morgan fingerprint density at radius 3 is 2.82 bits per heavy atom. The second-order valence-corrected chi connectivity index (χ2v) is 7.12. The van der Waals surface area contributed by atoms with E-state index in [0.29, 0.717) is 24.4 Å². The number of rotatable bonds is 7. The summed E-state index contributed by atoms with van der Waals surface area (Å²) in [5, 5.41) is 3.26. The maximum Gasteiger partial charge on any atom is 0.240 e. The third-order valence-corrected chi connectivity index (χ3v) is 5.25. The molecule has 1 atom stereocenters. The molecule has 1 unspecified atom stereocenters. The van der Waals surface area contributed by atoms with Crippen LogP contribution in [-0.2, 0) is 10.0 Å². The second-order valence-electron chi connectivity index (χ2n) is 5.35. The molecule has 7 heteroatoms. The summed E-state index contributed by atoms with van der Waals surface area (Å²) in [6.45, 7) is 4.17. The van der Waals surface area contributed by atoms with Crippen LogP contribution in [0.25, 0.3) is 0 Å². The predicted molar refractivity (Wildman–Crippen MR) is 89.1 cm³/mol. The van der Waals surface area contributed by atoms with Gasteiger partial charge in [0.15, 0.2) is 5.78 Å². The molecule has 0 bridgehead atoms. The topological polar surface area (TPSA) is 75.3 Å². The van der Waals surface area contributed by atoms with Crippen LogP contribution in [0.4, 0.5) is 0 Å². The number of nitrogens with one attached hydrogen (secondary N) is 2. The molecule has 0 aliphatic carbocycles. The van der Waals surface area contributed by atoms with Gasteiger partial charge in [-0.2, -0.15) is 0 Å². The number of carbonyl (C=O) groups is 1. The first-order valence-electron chi connectivity index (χ1n) is 7.36. The third kappa shape index (κ3) is 5.05. The van der Waals surface area contributed by atoms with Gasteiger partial charge in [0.2, 0.25) is 10.0 Å². The number of hydrogen-bond acceptors (Lipinski definition) is 4. The molecule has 0 aromatic heterocycles. The lowest BCUT2D eigenvalue weighted by molar-refractivity contribution is 0.0988. The van der Waals surface area contributed by atoms with E-state index in [4.69, 9.17) is 0 Å². The van der Waals surface area contributed by atoms with Crippen molar-refractivity contribution in [2.45, 2.75) is 31.1 Å². The van der Waals surface area contributed by atoms with Crippen LogP contribution in [-0.4, -0.2) is 33.8 Å². The van der Waals surface area contributed by atoms with Gasteiger partial charge in [0.1, 0.15) is 0 Å². The van der Waals surface area contributed by atoms with Crippen molar-refractivity contribution in [2.24, 2.45) is 5.92 Å². The Morgan fingerprint density at radius 2 is 2.18 bits per heavy atom. The fourth-order valence-electron chi connectivity index (χ4n) is 2.48. The summed E-state index contributed by atoms with van der Waals surface area (Å²) in [5.41, 5.74) is 0.445. The van der Waals surface area contributed by atoms with Gasteiger partial charge in [0.05, 0.1) is 4.90 Å². The molecule has 1 aromatic rings. The van der Waals surface area contributed by atoms with E-state index in [2.05, 4.69) is 10.0 Å². The van der Waals surface area contributed by atoms with Gasteiger partial charge in [-0.25, -0.2) is 13.1 Å². The zero-order valence-electron chi connectivity index (χ0n) is 12.7. The highest BCUT2D eigenvalue weighted by Crippen LogP contribution is 2.15. The molecule has 1 fully saturated rings. The molecule has 2 N–H and O–H groups in total. The molecular formula is C15H23ClN2O3S. The van der Waals surface area contributed by atoms with Crippen molar-refractivity contribution in [3.63, 3.8) is 0 Å². The quantitative estimate of drug-likeness (QED) is 0.740. The minimum Gasteiger partial charge on any atom is -0.316 e. The van der Waals surface area contributed by atoms with Crippen LogP contribution in [0.2, 0.25) is 0 Å². The first-order chi connectivity index (χ1) is 10.0. The van der Waals surface area contributed by atoms with E-state index in [1.165, 1.54) is 12.1 Å². The van der Waals surface area contributed by atoms with Crippen molar-refractivity contribution < 1.29 is 13.2 Å². The van der Waals surface area contributed by atoms with Gasteiger partial charge in [-0.3, -0.25) is 4.79 Å². The Kier molecular flexibility index (Phi) is 7.48. The molecule has 2 rings (SSSR count). The smallest absolute Gasteiger partial charge is 0.240 e. The number of halogens is 1.